The number of rotatable bonds is 10. The van der Waals surface area contributed by atoms with Crippen molar-refractivity contribution < 1.29 is 19.0 Å². The van der Waals surface area contributed by atoms with Gasteiger partial charge in [-0.05, 0) is 78.7 Å². The Morgan fingerprint density at radius 3 is 2.50 bits per heavy atom. The molecule has 1 aliphatic rings. The summed E-state index contributed by atoms with van der Waals surface area (Å²) in [6.07, 6.45) is 0. The number of ether oxygens (including phenoxy) is 3. The van der Waals surface area contributed by atoms with Gasteiger partial charge in [-0.25, -0.2) is 0 Å². The van der Waals surface area contributed by atoms with Crippen LogP contribution in [-0.4, -0.2) is 39.3 Å². The van der Waals surface area contributed by atoms with E-state index in [1.807, 2.05) is 81.4 Å². The summed E-state index contributed by atoms with van der Waals surface area (Å²) in [6.45, 7) is 6.93. The normalized spacial score (nSPS) is 14.2. The van der Waals surface area contributed by atoms with Crippen molar-refractivity contribution in [1.29, 1.82) is 0 Å². The SMILES string of the molecule is CCOc1ccccc1NC(=O)C1=C(C)Nc2nnnn2C1c1ccc(OCc2ccc(Br)cc2)c(OCC)c1. The van der Waals surface area contributed by atoms with Gasteiger partial charge in [0.05, 0.1) is 24.5 Å². The average Bonchev–Trinajstić information content (AvgIpc) is 3.42. The number of carbonyl (C=O) groups is 1. The highest BCUT2D eigenvalue weighted by Gasteiger charge is 2.35. The van der Waals surface area contributed by atoms with E-state index < -0.39 is 6.04 Å². The number of para-hydroxylation sites is 2. The second kappa shape index (κ2) is 12.2. The fraction of sp³-hybridized carbons (Fsp3) is 0.241. The lowest BCUT2D eigenvalue weighted by molar-refractivity contribution is -0.113. The molecular weight excluding hydrogens is 576 g/mol. The third-order valence-electron chi connectivity index (χ3n) is 6.28. The van der Waals surface area contributed by atoms with Crippen LogP contribution in [0.2, 0.25) is 0 Å². The Hall–Kier alpha value is -4.38. The molecule has 1 aromatic heterocycles. The van der Waals surface area contributed by atoms with Gasteiger partial charge in [0.2, 0.25) is 5.95 Å². The number of halogens is 1. The highest BCUT2D eigenvalue weighted by atomic mass is 79.9. The van der Waals surface area contributed by atoms with Crippen LogP contribution in [0.5, 0.6) is 17.2 Å². The van der Waals surface area contributed by atoms with Crippen LogP contribution in [0.3, 0.4) is 0 Å². The van der Waals surface area contributed by atoms with Gasteiger partial charge in [0, 0.05) is 10.2 Å². The Morgan fingerprint density at radius 2 is 1.73 bits per heavy atom. The summed E-state index contributed by atoms with van der Waals surface area (Å²) in [5.74, 6) is 1.87. The zero-order valence-corrected chi connectivity index (χ0v) is 23.9. The summed E-state index contributed by atoms with van der Waals surface area (Å²) in [7, 11) is 0. The van der Waals surface area contributed by atoms with Crippen LogP contribution >= 0.6 is 15.9 Å². The summed E-state index contributed by atoms with van der Waals surface area (Å²) in [5, 5.41) is 18.3. The molecule has 1 unspecified atom stereocenters. The third kappa shape index (κ3) is 5.79. The van der Waals surface area contributed by atoms with E-state index in [1.54, 1.807) is 10.7 Å². The molecule has 40 heavy (non-hydrogen) atoms. The number of tetrazole rings is 1. The van der Waals surface area contributed by atoms with Crippen LogP contribution in [0.1, 0.15) is 37.9 Å². The number of benzene rings is 3. The molecule has 5 rings (SSSR count). The van der Waals surface area contributed by atoms with Crippen LogP contribution in [-0.2, 0) is 11.4 Å². The van der Waals surface area contributed by atoms with Crippen molar-refractivity contribution in [2.75, 3.05) is 23.8 Å². The number of fused-ring (bicyclic) bond motifs is 1. The maximum Gasteiger partial charge on any atom is 0.255 e. The Balaban J connectivity index is 1.48. The maximum absolute atomic E-state index is 13.8. The Morgan fingerprint density at radius 1 is 0.975 bits per heavy atom. The number of nitrogens with zero attached hydrogens (tertiary/aromatic N) is 4. The summed E-state index contributed by atoms with van der Waals surface area (Å²) >= 11 is 3.46. The zero-order valence-electron chi connectivity index (χ0n) is 22.3. The molecule has 0 bridgehead atoms. The minimum atomic E-state index is -0.620. The lowest BCUT2D eigenvalue weighted by Crippen LogP contribution is -2.31. The first-order valence-corrected chi connectivity index (χ1v) is 13.7. The van der Waals surface area contributed by atoms with Gasteiger partial charge in [0.15, 0.2) is 11.5 Å². The molecule has 0 aliphatic carbocycles. The molecule has 11 heteroatoms. The first-order valence-electron chi connectivity index (χ1n) is 12.9. The molecule has 10 nitrogen and oxygen atoms in total. The standard InChI is InChI=1S/C29H29BrN6O4/c1-4-38-23-9-7-6-8-22(23)32-28(37)26-18(3)31-29-33-34-35-36(29)27(26)20-12-15-24(25(16-20)39-5-2)40-17-19-10-13-21(30)14-11-19/h6-16,27H,4-5,17H2,1-3H3,(H,32,37)(H,31,33,35). The molecule has 0 spiro atoms. The van der Waals surface area contributed by atoms with E-state index in [9.17, 15) is 4.79 Å². The summed E-state index contributed by atoms with van der Waals surface area (Å²) in [5.41, 5.74) is 3.44. The second-order valence-electron chi connectivity index (χ2n) is 8.95. The van der Waals surface area contributed by atoms with Crippen molar-refractivity contribution in [3.63, 3.8) is 0 Å². The van der Waals surface area contributed by atoms with Gasteiger partial charge in [0.1, 0.15) is 18.4 Å². The average molecular weight is 605 g/mol. The van der Waals surface area contributed by atoms with Crippen molar-refractivity contribution in [2.24, 2.45) is 0 Å². The largest absolute Gasteiger partial charge is 0.492 e. The van der Waals surface area contributed by atoms with Crippen LogP contribution in [0, 0.1) is 0 Å². The summed E-state index contributed by atoms with van der Waals surface area (Å²) in [6, 6.07) is 20.3. The molecule has 4 aromatic rings. The van der Waals surface area contributed by atoms with Gasteiger partial charge in [-0.15, -0.1) is 0 Å². The molecule has 0 saturated carbocycles. The van der Waals surface area contributed by atoms with Crippen LogP contribution < -0.4 is 24.8 Å². The van der Waals surface area contributed by atoms with Crippen molar-refractivity contribution in [2.45, 2.75) is 33.4 Å². The molecule has 206 valence electrons. The van der Waals surface area contributed by atoms with Crippen molar-refractivity contribution in [3.05, 3.63) is 93.6 Å². The summed E-state index contributed by atoms with van der Waals surface area (Å²) in [4.78, 5) is 13.8. The molecule has 3 aromatic carbocycles. The predicted octanol–water partition coefficient (Wildman–Crippen LogP) is 5.74. The number of carbonyl (C=O) groups excluding carboxylic acids is 1. The number of amides is 1. The number of anilines is 2. The number of nitrogens with one attached hydrogen (secondary N) is 2. The number of allylic oxidation sites excluding steroid dienone is 1. The molecule has 2 heterocycles. The van der Waals surface area contributed by atoms with Crippen molar-refractivity contribution in [3.8, 4) is 17.2 Å². The van der Waals surface area contributed by atoms with Gasteiger partial charge in [-0.2, -0.15) is 4.68 Å². The number of hydrogen-bond acceptors (Lipinski definition) is 8. The topological polar surface area (TPSA) is 112 Å². The van der Waals surface area contributed by atoms with E-state index in [4.69, 9.17) is 14.2 Å². The molecule has 1 amide bonds. The van der Waals surface area contributed by atoms with Gasteiger partial charge in [0.25, 0.3) is 5.91 Å². The van der Waals surface area contributed by atoms with Crippen molar-refractivity contribution in [1.82, 2.24) is 20.2 Å². The molecule has 1 atom stereocenters. The van der Waals surface area contributed by atoms with Gasteiger partial charge < -0.3 is 24.8 Å². The van der Waals surface area contributed by atoms with E-state index >= 15 is 0 Å². The monoisotopic (exact) mass is 604 g/mol. The lowest BCUT2D eigenvalue weighted by atomic mass is 9.94. The van der Waals surface area contributed by atoms with E-state index in [0.717, 1.165) is 15.6 Å². The Bertz CT molecular complexity index is 1540. The van der Waals surface area contributed by atoms with E-state index in [1.165, 1.54) is 0 Å². The lowest BCUT2D eigenvalue weighted by Gasteiger charge is -2.28. The molecule has 2 N–H and O–H groups in total. The summed E-state index contributed by atoms with van der Waals surface area (Å²) < 4.78 is 20.4. The fourth-order valence-electron chi connectivity index (χ4n) is 4.48. The second-order valence-corrected chi connectivity index (χ2v) is 9.87. The van der Waals surface area contributed by atoms with E-state index in [0.29, 0.717) is 60.0 Å². The zero-order chi connectivity index (χ0) is 28.1. The smallest absolute Gasteiger partial charge is 0.255 e. The maximum atomic E-state index is 13.8. The fourth-order valence-corrected chi connectivity index (χ4v) is 4.74. The molecule has 0 fully saturated rings. The third-order valence-corrected chi connectivity index (χ3v) is 6.81. The molecule has 1 aliphatic heterocycles. The number of hydrogen-bond donors (Lipinski definition) is 2. The minimum absolute atomic E-state index is 0.308. The van der Waals surface area contributed by atoms with Gasteiger partial charge >= 0.3 is 0 Å². The predicted molar refractivity (Wildman–Crippen MR) is 155 cm³/mol. The molecule has 0 radical (unpaired) electrons. The highest BCUT2D eigenvalue weighted by Crippen LogP contribution is 2.39. The van der Waals surface area contributed by atoms with E-state index in [2.05, 4.69) is 42.1 Å². The first kappa shape index (κ1) is 27.2. The molecular formula is C29H29BrN6O4. The first-order chi connectivity index (χ1) is 19.5. The van der Waals surface area contributed by atoms with E-state index in [-0.39, 0.29) is 5.91 Å². The highest BCUT2D eigenvalue weighted by molar-refractivity contribution is 9.10. The Labute approximate surface area is 240 Å². The van der Waals surface area contributed by atoms with Crippen LogP contribution in [0.4, 0.5) is 11.6 Å². The molecule has 0 saturated heterocycles. The van der Waals surface area contributed by atoms with Crippen molar-refractivity contribution >= 4 is 33.5 Å². The van der Waals surface area contributed by atoms with Crippen LogP contribution in [0.15, 0.2) is 82.5 Å². The van der Waals surface area contributed by atoms with Crippen LogP contribution in [0.25, 0.3) is 0 Å². The quantitative estimate of drug-likeness (QED) is 0.236. The minimum Gasteiger partial charge on any atom is -0.492 e. The van der Waals surface area contributed by atoms with Gasteiger partial charge in [-0.3, -0.25) is 4.79 Å². The number of aromatic nitrogens is 4. The Kier molecular flexibility index (Phi) is 8.30. The van der Waals surface area contributed by atoms with Gasteiger partial charge in [-0.1, -0.05) is 51.4 Å².